The smallest absolute Gasteiger partial charge is 0.258 e. The summed E-state index contributed by atoms with van der Waals surface area (Å²) in [5.41, 5.74) is 2.36. The average Bonchev–Trinajstić information content (AvgIpc) is 2.73. The summed E-state index contributed by atoms with van der Waals surface area (Å²) >= 11 is 0. The third kappa shape index (κ3) is 4.20. The molecule has 5 heteroatoms. The Morgan fingerprint density at radius 3 is 2.43 bits per heavy atom. The minimum absolute atomic E-state index is 0.202. The van der Waals surface area contributed by atoms with Gasteiger partial charge in [-0.3, -0.25) is 4.79 Å². The van der Waals surface area contributed by atoms with E-state index in [1.807, 2.05) is 19.1 Å². The quantitative estimate of drug-likeness (QED) is 0.335. The molecule has 1 aromatic heterocycles. The first-order chi connectivity index (χ1) is 14.4. The molecule has 0 saturated heterocycles. The van der Waals surface area contributed by atoms with Crippen LogP contribution in [0.5, 0.6) is 0 Å². The highest BCUT2D eigenvalue weighted by Gasteiger charge is 2.24. The Labute approximate surface area is 175 Å². The molecule has 0 radical (unpaired) electrons. The van der Waals surface area contributed by atoms with Crippen LogP contribution in [0.1, 0.15) is 56.2 Å². The monoisotopic (exact) mass is 411 g/mol. The molecule has 3 nitrogen and oxygen atoms in total. The zero-order valence-electron chi connectivity index (χ0n) is 17.7. The number of carbonyl (C=O) groups excluding carboxylic acids is 1. The van der Waals surface area contributed by atoms with Crippen LogP contribution in [-0.2, 0) is 11.8 Å². The zero-order valence-corrected chi connectivity index (χ0v) is 17.7. The number of nitrogens with zero attached hydrogens (tertiary/aromatic N) is 1. The van der Waals surface area contributed by atoms with Gasteiger partial charge in [-0.25, -0.2) is 8.78 Å². The van der Waals surface area contributed by atoms with E-state index in [9.17, 15) is 18.4 Å². The van der Waals surface area contributed by atoms with Crippen LogP contribution in [0.3, 0.4) is 0 Å². The summed E-state index contributed by atoms with van der Waals surface area (Å²) in [6, 6.07) is 9.19. The Morgan fingerprint density at radius 1 is 1.00 bits per heavy atom. The molecule has 0 aliphatic carbocycles. The van der Waals surface area contributed by atoms with Gasteiger partial charge in [-0.15, -0.1) is 0 Å². The summed E-state index contributed by atoms with van der Waals surface area (Å²) in [6.07, 6.45) is 5.49. The molecule has 30 heavy (non-hydrogen) atoms. The molecule has 0 amide bonds. The Morgan fingerprint density at radius 2 is 1.77 bits per heavy atom. The van der Waals surface area contributed by atoms with Crippen molar-refractivity contribution in [3.63, 3.8) is 0 Å². The number of hydrogen-bond donors (Lipinski definition) is 0. The van der Waals surface area contributed by atoms with Crippen LogP contribution in [0.2, 0.25) is 0 Å². The SMILES string of the molecule is CCCCCCC(C=O)c1c(-c2ccc(F)c(F)c2)c2cc(C)ccc2c(=O)n1C. The second-order valence-electron chi connectivity index (χ2n) is 7.89. The molecule has 1 heterocycles. The third-order valence-electron chi connectivity index (χ3n) is 5.69. The van der Waals surface area contributed by atoms with Gasteiger partial charge >= 0.3 is 0 Å². The zero-order chi connectivity index (χ0) is 21.8. The fourth-order valence-corrected chi connectivity index (χ4v) is 4.10. The van der Waals surface area contributed by atoms with Crippen LogP contribution in [0.15, 0.2) is 41.2 Å². The number of rotatable bonds is 8. The fraction of sp³-hybridized carbons (Fsp3) is 0.360. The summed E-state index contributed by atoms with van der Waals surface area (Å²) in [4.78, 5) is 25.2. The van der Waals surface area contributed by atoms with Crippen LogP contribution >= 0.6 is 0 Å². The maximum absolute atomic E-state index is 14.1. The van der Waals surface area contributed by atoms with Crippen LogP contribution in [-0.4, -0.2) is 10.9 Å². The molecule has 0 bridgehead atoms. The maximum Gasteiger partial charge on any atom is 0.258 e. The van der Waals surface area contributed by atoms with E-state index in [2.05, 4.69) is 6.92 Å². The highest BCUT2D eigenvalue weighted by Crippen LogP contribution is 2.36. The largest absolute Gasteiger partial charge is 0.314 e. The van der Waals surface area contributed by atoms with E-state index >= 15 is 0 Å². The van der Waals surface area contributed by atoms with Gasteiger partial charge in [0.25, 0.3) is 5.56 Å². The highest BCUT2D eigenvalue weighted by molar-refractivity contribution is 5.98. The van der Waals surface area contributed by atoms with E-state index < -0.39 is 17.6 Å². The number of pyridine rings is 1. The van der Waals surface area contributed by atoms with Crippen molar-refractivity contribution in [1.82, 2.24) is 4.57 Å². The fourth-order valence-electron chi connectivity index (χ4n) is 4.10. The van der Waals surface area contributed by atoms with Crippen molar-refractivity contribution in [2.45, 2.75) is 51.9 Å². The molecule has 3 aromatic rings. The molecule has 0 spiro atoms. The minimum Gasteiger partial charge on any atom is -0.314 e. The van der Waals surface area contributed by atoms with Crippen molar-refractivity contribution in [2.24, 2.45) is 7.05 Å². The van der Waals surface area contributed by atoms with Crippen LogP contribution < -0.4 is 5.56 Å². The van der Waals surface area contributed by atoms with Gasteiger partial charge in [0.1, 0.15) is 6.29 Å². The molecule has 1 unspecified atom stereocenters. The molecular formula is C25H27F2NO2. The van der Waals surface area contributed by atoms with Gasteiger partial charge in [0.15, 0.2) is 11.6 Å². The number of benzene rings is 2. The lowest BCUT2D eigenvalue weighted by molar-refractivity contribution is -0.109. The second-order valence-corrected chi connectivity index (χ2v) is 7.89. The van der Waals surface area contributed by atoms with Gasteiger partial charge in [0.2, 0.25) is 0 Å². The molecular weight excluding hydrogens is 384 g/mol. The minimum atomic E-state index is -0.960. The van der Waals surface area contributed by atoms with E-state index in [0.29, 0.717) is 34.0 Å². The summed E-state index contributed by atoms with van der Waals surface area (Å²) < 4.78 is 29.2. The van der Waals surface area contributed by atoms with Gasteiger partial charge in [-0.05, 0) is 42.5 Å². The van der Waals surface area contributed by atoms with Crippen molar-refractivity contribution in [1.29, 1.82) is 0 Å². The molecule has 2 aromatic carbocycles. The van der Waals surface area contributed by atoms with Gasteiger partial charge in [-0.1, -0.05) is 56.4 Å². The van der Waals surface area contributed by atoms with E-state index in [-0.39, 0.29) is 5.56 Å². The number of carbonyl (C=O) groups is 1. The number of aldehydes is 1. The Balaban J connectivity index is 2.31. The summed E-state index contributed by atoms with van der Waals surface area (Å²) in [7, 11) is 1.64. The van der Waals surface area contributed by atoms with Crippen molar-refractivity contribution in [2.75, 3.05) is 0 Å². The summed E-state index contributed by atoms with van der Waals surface area (Å²) in [6.45, 7) is 4.03. The van der Waals surface area contributed by atoms with Crippen molar-refractivity contribution >= 4 is 17.1 Å². The van der Waals surface area contributed by atoms with Gasteiger partial charge in [0.05, 0.1) is 5.92 Å². The maximum atomic E-state index is 14.1. The van der Waals surface area contributed by atoms with Gasteiger partial charge in [0, 0.05) is 23.7 Å². The Hall–Kier alpha value is -2.82. The third-order valence-corrected chi connectivity index (χ3v) is 5.69. The Kier molecular flexibility index (Phi) is 6.80. The van der Waals surface area contributed by atoms with E-state index in [4.69, 9.17) is 0 Å². The first-order valence-electron chi connectivity index (χ1n) is 10.4. The average molecular weight is 411 g/mol. The topological polar surface area (TPSA) is 39.1 Å². The van der Waals surface area contributed by atoms with Crippen LogP contribution in [0.4, 0.5) is 8.78 Å². The first-order valence-corrected chi connectivity index (χ1v) is 10.4. The molecule has 158 valence electrons. The number of aromatic nitrogens is 1. The summed E-state index contributed by atoms with van der Waals surface area (Å²) in [5, 5.41) is 1.14. The highest BCUT2D eigenvalue weighted by atomic mass is 19.2. The predicted octanol–water partition coefficient (Wildman–Crippen LogP) is 6.05. The van der Waals surface area contributed by atoms with Crippen LogP contribution in [0.25, 0.3) is 21.9 Å². The molecule has 3 rings (SSSR count). The van der Waals surface area contributed by atoms with E-state index in [0.717, 1.165) is 49.7 Å². The number of hydrogen-bond acceptors (Lipinski definition) is 2. The standard InChI is InChI=1S/C25H27F2NO2/c1-4-5-6-7-8-18(15-29)24-23(17-10-12-21(26)22(27)14-17)20-13-16(2)9-11-19(20)25(30)28(24)3/h9-15,18H,4-8H2,1-3H3. The normalized spacial score (nSPS) is 12.3. The van der Waals surface area contributed by atoms with E-state index in [1.54, 1.807) is 13.1 Å². The first kappa shape index (κ1) is 21.9. The van der Waals surface area contributed by atoms with Crippen molar-refractivity contribution < 1.29 is 13.6 Å². The molecule has 1 atom stereocenters. The van der Waals surface area contributed by atoms with Gasteiger partial charge < -0.3 is 9.36 Å². The predicted molar refractivity (Wildman–Crippen MR) is 117 cm³/mol. The number of aryl methyl sites for hydroxylation is 1. The van der Waals surface area contributed by atoms with Crippen molar-refractivity contribution in [3.05, 3.63) is 69.6 Å². The lowest BCUT2D eigenvalue weighted by Gasteiger charge is -2.22. The van der Waals surface area contributed by atoms with Crippen LogP contribution in [0, 0.1) is 18.6 Å². The summed E-state index contributed by atoms with van der Waals surface area (Å²) in [5.74, 6) is -2.40. The number of fused-ring (bicyclic) bond motifs is 1. The number of halogens is 2. The molecule has 0 saturated carbocycles. The lowest BCUT2D eigenvalue weighted by atomic mass is 9.88. The van der Waals surface area contributed by atoms with Crippen molar-refractivity contribution in [3.8, 4) is 11.1 Å². The molecule has 0 N–H and O–H groups in total. The second kappa shape index (κ2) is 9.33. The molecule has 0 fully saturated rings. The lowest BCUT2D eigenvalue weighted by Crippen LogP contribution is -2.24. The van der Waals surface area contributed by atoms with E-state index in [1.165, 1.54) is 10.6 Å². The Bertz CT molecular complexity index is 1130. The molecule has 0 aliphatic heterocycles. The van der Waals surface area contributed by atoms with Gasteiger partial charge in [-0.2, -0.15) is 0 Å². The number of unbranched alkanes of at least 4 members (excludes halogenated alkanes) is 3. The molecule has 0 aliphatic rings.